The molecule has 11 nitrogen and oxygen atoms in total. The first-order valence-electron chi connectivity index (χ1n) is 14.3. The van der Waals surface area contributed by atoms with Gasteiger partial charge in [0.2, 0.25) is 5.91 Å². The van der Waals surface area contributed by atoms with Gasteiger partial charge >= 0.3 is 6.03 Å². The van der Waals surface area contributed by atoms with Crippen molar-refractivity contribution < 1.29 is 39.7 Å². The number of nitrogens with one attached hydrogen (secondary N) is 2. The van der Waals surface area contributed by atoms with Crippen LogP contribution in [0.25, 0.3) is 0 Å². The van der Waals surface area contributed by atoms with Gasteiger partial charge < -0.3 is 25.4 Å². The fourth-order valence-corrected chi connectivity index (χ4v) is 4.40. The Morgan fingerprint density at radius 3 is 2.02 bits per heavy atom. The molecule has 3 amide bonds. The lowest BCUT2D eigenvalue weighted by Crippen LogP contribution is -2.52. The van der Waals surface area contributed by atoms with Crippen LogP contribution in [0.4, 0.5) is 4.79 Å². The summed E-state index contributed by atoms with van der Waals surface area (Å²) < 4.78 is 5.65. The number of carbonyl (C=O) groups is 2. The lowest BCUT2D eigenvalue weighted by atomic mass is 10.0. The van der Waals surface area contributed by atoms with E-state index in [0.29, 0.717) is 18.8 Å². The van der Waals surface area contributed by atoms with Gasteiger partial charge in [0.1, 0.15) is 30.8 Å². The molecule has 0 saturated heterocycles. The second kappa shape index (κ2) is 18.4. The molecule has 0 radical (unpaired) electrons. The quantitative estimate of drug-likeness (QED) is 0.0804. The Labute approximate surface area is 251 Å². The van der Waals surface area contributed by atoms with E-state index in [0.717, 1.165) is 36.0 Å². The van der Waals surface area contributed by atoms with E-state index >= 15 is 0 Å². The van der Waals surface area contributed by atoms with Gasteiger partial charge in [-0.2, -0.15) is 0 Å². The number of nitrogens with zero attached hydrogens (tertiary/aromatic N) is 1. The molecule has 0 heterocycles. The minimum absolute atomic E-state index is 0.137. The summed E-state index contributed by atoms with van der Waals surface area (Å²) in [6, 6.07) is 21.9. The summed E-state index contributed by atoms with van der Waals surface area (Å²) in [5, 5.41) is 33.0. The van der Waals surface area contributed by atoms with E-state index in [9.17, 15) is 14.7 Å². The summed E-state index contributed by atoms with van der Waals surface area (Å²) in [6.45, 7) is 2.77. The van der Waals surface area contributed by atoms with E-state index < -0.39 is 18.2 Å². The van der Waals surface area contributed by atoms with Crippen molar-refractivity contribution in [3.05, 3.63) is 95.6 Å². The highest BCUT2D eigenvalue weighted by Crippen LogP contribution is 2.17. The van der Waals surface area contributed by atoms with E-state index in [-0.39, 0.29) is 37.8 Å². The van der Waals surface area contributed by atoms with Crippen molar-refractivity contribution in [1.82, 2.24) is 15.5 Å². The minimum Gasteiger partial charge on any atom is -0.508 e. The molecule has 1 unspecified atom stereocenters. The maximum absolute atomic E-state index is 13.7. The van der Waals surface area contributed by atoms with Gasteiger partial charge in [-0.25, -0.2) is 14.6 Å². The number of hydrogen-bond donors (Lipinski definition) is 5. The van der Waals surface area contributed by atoms with Crippen molar-refractivity contribution in [2.45, 2.75) is 57.8 Å². The predicted octanol–water partition coefficient (Wildman–Crippen LogP) is 4.75. The Hall–Kier alpha value is -4.16. The molecule has 0 aromatic heterocycles. The fraction of sp³-hybridized carbons (Fsp3) is 0.375. The maximum Gasteiger partial charge on any atom is 0.318 e. The van der Waals surface area contributed by atoms with Crippen LogP contribution in [-0.2, 0) is 34.1 Å². The van der Waals surface area contributed by atoms with Crippen molar-refractivity contribution in [3.63, 3.8) is 0 Å². The molecule has 0 aliphatic heterocycles. The van der Waals surface area contributed by atoms with Gasteiger partial charge in [0.15, 0.2) is 6.10 Å². The normalized spacial score (nSPS) is 11.6. The molecule has 0 aliphatic rings. The SMILES string of the molecule is CCCCCNC(=O)C(Cc1ccc(OC(COO)COO)cc1)NC(=O)N(Cc1ccccc1)Cc1ccc(O)cc1. The molecule has 5 N–H and O–H groups in total. The van der Waals surface area contributed by atoms with E-state index in [1.807, 2.05) is 30.3 Å². The van der Waals surface area contributed by atoms with Crippen molar-refractivity contribution >= 4 is 11.9 Å². The van der Waals surface area contributed by atoms with Crippen LogP contribution in [0.3, 0.4) is 0 Å². The zero-order chi connectivity index (χ0) is 30.9. The first kappa shape index (κ1) is 33.3. The molecular weight excluding hydrogens is 554 g/mol. The summed E-state index contributed by atoms with van der Waals surface area (Å²) in [4.78, 5) is 36.8. The number of phenols is 1. The molecule has 1 atom stereocenters. The number of ether oxygens (including phenoxy) is 1. The van der Waals surface area contributed by atoms with Gasteiger partial charge in [0.05, 0.1) is 0 Å². The minimum atomic E-state index is -0.850. The molecule has 11 heteroatoms. The fourth-order valence-electron chi connectivity index (χ4n) is 4.40. The Bertz CT molecular complexity index is 1220. The zero-order valence-electron chi connectivity index (χ0n) is 24.4. The van der Waals surface area contributed by atoms with Gasteiger partial charge in [-0.3, -0.25) is 15.3 Å². The van der Waals surface area contributed by atoms with Crippen LogP contribution in [0.15, 0.2) is 78.9 Å². The van der Waals surface area contributed by atoms with Crippen LogP contribution in [0.5, 0.6) is 11.5 Å². The second-order valence-corrected chi connectivity index (χ2v) is 10.2. The van der Waals surface area contributed by atoms with Gasteiger partial charge in [0, 0.05) is 26.1 Å². The molecule has 0 aliphatic carbocycles. The topological polar surface area (TPSA) is 150 Å². The summed E-state index contributed by atoms with van der Waals surface area (Å²) >= 11 is 0. The summed E-state index contributed by atoms with van der Waals surface area (Å²) in [5.41, 5.74) is 2.54. The molecular formula is C32H41N3O8. The van der Waals surface area contributed by atoms with Crippen LogP contribution in [0.1, 0.15) is 42.9 Å². The number of benzene rings is 3. The van der Waals surface area contributed by atoms with Crippen LogP contribution >= 0.6 is 0 Å². The van der Waals surface area contributed by atoms with E-state index in [4.69, 9.17) is 15.3 Å². The van der Waals surface area contributed by atoms with Gasteiger partial charge in [0.25, 0.3) is 0 Å². The van der Waals surface area contributed by atoms with E-state index in [1.165, 1.54) is 0 Å². The van der Waals surface area contributed by atoms with Crippen LogP contribution in [0, 0.1) is 0 Å². The lowest BCUT2D eigenvalue weighted by Gasteiger charge is -2.27. The molecule has 43 heavy (non-hydrogen) atoms. The van der Waals surface area contributed by atoms with Gasteiger partial charge in [-0.1, -0.05) is 74.4 Å². The molecule has 0 fully saturated rings. The third kappa shape index (κ3) is 11.9. The monoisotopic (exact) mass is 595 g/mol. The number of rotatable bonds is 18. The van der Waals surface area contributed by atoms with E-state index in [1.54, 1.807) is 53.4 Å². The summed E-state index contributed by atoms with van der Waals surface area (Å²) in [6.07, 6.45) is 2.33. The summed E-state index contributed by atoms with van der Waals surface area (Å²) in [7, 11) is 0. The Kier molecular flexibility index (Phi) is 14.3. The predicted molar refractivity (Wildman–Crippen MR) is 160 cm³/mol. The van der Waals surface area contributed by atoms with Crippen molar-refractivity contribution in [2.24, 2.45) is 0 Å². The average Bonchev–Trinajstić information content (AvgIpc) is 3.01. The molecule has 232 valence electrons. The highest BCUT2D eigenvalue weighted by atomic mass is 17.1. The Morgan fingerprint density at radius 1 is 0.814 bits per heavy atom. The van der Waals surface area contributed by atoms with Gasteiger partial charge in [-0.15, -0.1) is 0 Å². The number of unbranched alkanes of at least 4 members (excludes halogenated alkanes) is 2. The number of hydrogen-bond acceptors (Lipinski definition) is 8. The first-order chi connectivity index (χ1) is 20.9. The van der Waals surface area contributed by atoms with Crippen molar-refractivity contribution in [1.29, 1.82) is 0 Å². The molecule has 0 saturated carbocycles. The number of amides is 3. The van der Waals surface area contributed by atoms with Crippen LogP contribution in [0.2, 0.25) is 0 Å². The largest absolute Gasteiger partial charge is 0.508 e. The third-order valence-electron chi connectivity index (χ3n) is 6.69. The molecule has 0 bridgehead atoms. The number of aromatic hydroxyl groups is 1. The number of urea groups is 1. The molecule has 3 aromatic rings. The first-order valence-corrected chi connectivity index (χ1v) is 14.3. The standard InChI is InChI=1S/C32H41N3O8/c1-2-3-7-18-33-31(37)30(19-24-12-16-28(17-13-24)43-29(22-41-39)23-42-40)34-32(38)35(20-25-8-5-4-6-9-25)21-26-10-14-27(36)15-11-26/h4-6,8-17,29-30,36,39-40H,2-3,7,18-23H2,1H3,(H,33,37)(H,34,38). The number of carbonyl (C=O) groups excluding carboxylic acids is 2. The number of phenolic OH excluding ortho intramolecular Hbond substituents is 1. The molecule has 3 aromatic carbocycles. The third-order valence-corrected chi connectivity index (χ3v) is 6.69. The van der Waals surface area contributed by atoms with Crippen molar-refractivity contribution in [2.75, 3.05) is 19.8 Å². The highest BCUT2D eigenvalue weighted by molar-refractivity contribution is 5.87. The highest BCUT2D eigenvalue weighted by Gasteiger charge is 2.25. The Morgan fingerprint density at radius 2 is 1.42 bits per heavy atom. The molecule has 0 spiro atoms. The lowest BCUT2D eigenvalue weighted by molar-refractivity contribution is -0.286. The zero-order valence-corrected chi connectivity index (χ0v) is 24.4. The average molecular weight is 596 g/mol. The van der Waals surface area contributed by atoms with E-state index in [2.05, 4.69) is 27.3 Å². The smallest absolute Gasteiger partial charge is 0.318 e. The van der Waals surface area contributed by atoms with Crippen LogP contribution < -0.4 is 15.4 Å². The maximum atomic E-state index is 13.7. The molecule has 3 rings (SSSR count). The van der Waals surface area contributed by atoms with Crippen LogP contribution in [-0.4, -0.2) is 64.4 Å². The second-order valence-electron chi connectivity index (χ2n) is 10.2. The summed E-state index contributed by atoms with van der Waals surface area (Å²) in [5.74, 6) is 0.294. The Balaban J connectivity index is 1.77. The van der Waals surface area contributed by atoms with Gasteiger partial charge in [-0.05, 0) is 47.4 Å². The van der Waals surface area contributed by atoms with Crippen molar-refractivity contribution in [3.8, 4) is 11.5 Å².